The molecule has 0 heterocycles. The lowest BCUT2D eigenvalue weighted by Crippen LogP contribution is -2.23. The molecule has 110 valence electrons. The van der Waals surface area contributed by atoms with Crippen molar-refractivity contribution in [2.24, 2.45) is 0 Å². The lowest BCUT2D eigenvalue weighted by molar-refractivity contribution is -0.115. The molecule has 0 bridgehead atoms. The molecule has 1 amide bonds. The summed E-state index contributed by atoms with van der Waals surface area (Å²) in [5.41, 5.74) is 6.14. The number of thioether (sulfide) groups is 1. The molecule has 3 N–H and O–H groups in total. The average Bonchev–Trinajstić information content (AvgIpc) is 2.41. The summed E-state index contributed by atoms with van der Waals surface area (Å²) in [6.07, 6.45) is 0. The van der Waals surface area contributed by atoms with Crippen molar-refractivity contribution in [2.75, 3.05) is 11.1 Å². The van der Waals surface area contributed by atoms with E-state index < -0.39 is 11.1 Å². The summed E-state index contributed by atoms with van der Waals surface area (Å²) in [4.78, 5) is 12.7. The van der Waals surface area contributed by atoms with Crippen molar-refractivity contribution in [2.45, 2.75) is 17.1 Å². The van der Waals surface area contributed by atoms with Crippen molar-refractivity contribution in [3.63, 3.8) is 0 Å². The predicted molar refractivity (Wildman–Crippen MR) is 81.2 cm³/mol. The van der Waals surface area contributed by atoms with Gasteiger partial charge in [-0.25, -0.2) is 8.78 Å². The molecule has 2 aromatic carbocycles. The number of hydrogen-bond acceptors (Lipinski definition) is 3. The molecule has 0 fully saturated rings. The van der Waals surface area contributed by atoms with Crippen molar-refractivity contribution in [1.29, 1.82) is 0 Å². The van der Waals surface area contributed by atoms with Crippen LogP contribution in [0.1, 0.15) is 6.92 Å². The fourth-order valence-electron chi connectivity index (χ4n) is 1.68. The van der Waals surface area contributed by atoms with Crippen LogP contribution in [0.2, 0.25) is 0 Å². The highest BCUT2D eigenvalue weighted by molar-refractivity contribution is 8.00. The molecule has 2 aromatic rings. The first-order valence-electron chi connectivity index (χ1n) is 6.24. The van der Waals surface area contributed by atoms with E-state index in [1.165, 1.54) is 36.0 Å². The van der Waals surface area contributed by atoms with Crippen LogP contribution in [0.5, 0.6) is 0 Å². The zero-order valence-electron chi connectivity index (χ0n) is 11.3. The Balaban J connectivity index is 2.02. The first-order valence-corrected chi connectivity index (χ1v) is 7.12. The fraction of sp³-hybridized carbons (Fsp3) is 0.133. The number of amides is 1. The third-order valence-electron chi connectivity index (χ3n) is 2.75. The molecule has 6 heteroatoms. The van der Waals surface area contributed by atoms with E-state index >= 15 is 0 Å². The second-order valence-electron chi connectivity index (χ2n) is 4.44. The number of hydrogen-bond donors (Lipinski definition) is 2. The van der Waals surface area contributed by atoms with E-state index in [4.69, 9.17) is 5.73 Å². The van der Waals surface area contributed by atoms with Crippen molar-refractivity contribution >= 4 is 29.0 Å². The molecule has 0 saturated carbocycles. The number of benzene rings is 2. The Morgan fingerprint density at radius 3 is 2.57 bits per heavy atom. The second kappa shape index (κ2) is 6.58. The summed E-state index contributed by atoms with van der Waals surface area (Å²) in [6, 6.07) is 9.78. The lowest BCUT2D eigenvalue weighted by Gasteiger charge is -2.13. The summed E-state index contributed by atoms with van der Waals surface area (Å²) < 4.78 is 26.0. The standard InChI is InChI=1S/C15H14F2N2OS/c1-9(21-12-4-2-3-10(16)7-12)15(20)19-14-6-5-11(17)8-13(14)18/h2-9H,18H2,1H3,(H,19,20). The quantitative estimate of drug-likeness (QED) is 0.669. The summed E-state index contributed by atoms with van der Waals surface area (Å²) in [6.45, 7) is 1.70. The minimum absolute atomic E-state index is 0.159. The van der Waals surface area contributed by atoms with Crippen LogP contribution >= 0.6 is 11.8 Å². The van der Waals surface area contributed by atoms with Gasteiger partial charge in [0.2, 0.25) is 5.91 Å². The minimum Gasteiger partial charge on any atom is -0.397 e. The molecule has 21 heavy (non-hydrogen) atoms. The highest BCUT2D eigenvalue weighted by atomic mass is 32.2. The summed E-state index contributed by atoms with van der Waals surface area (Å²) in [5.74, 6) is -1.11. The maximum absolute atomic E-state index is 13.1. The number of rotatable bonds is 4. The monoisotopic (exact) mass is 308 g/mol. The number of nitrogens with one attached hydrogen (secondary N) is 1. The first kappa shape index (κ1) is 15.3. The molecule has 0 radical (unpaired) electrons. The van der Waals surface area contributed by atoms with Crippen LogP contribution in [0.3, 0.4) is 0 Å². The van der Waals surface area contributed by atoms with Crippen LogP contribution in [-0.4, -0.2) is 11.2 Å². The van der Waals surface area contributed by atoms with E-state index in [0.29, 0.717) is 10.6 Å². The summed E-state index contributed by atoms with van der Waals surface area (Å²) >= 11 is 1.23. The van der Waals surface area contributed by atoms with Gasteiger partial charge in [-0.15, -0.1) is 11.8 Å². The second-order valence-corrected chi connectivity index (χ2v) is 5.85. The molecule has 1 atom stereocenters. The molecule has 0 aliphatic carbocycles. The van der Waals surface area contributed by atoms with Gasteiger partial charge in [0.25, 0.3) is 0 Å². The Hall–Kier alpha value is -2.08. The van der Waals surface area contributed by atoms with Gasteiger partial charge in [0.1, 0.15) is 11.6 Å². The molecule has 0 aliphatic rings. The van der Waals surface area contributed by atoms with Crippen LogP contribution in [-0.2, 0) is 4.79 Å². The zero-order chi connectivity index (χ0) is 15.4. The van der Waals surface area contributed by atoms with Crippen LogP contribution in [0.4, 0.5) is 20.2 Å². The zero-order valence-corrected chi connectivity index (χ0v) is 12.1. The van der Waals surface area contributed by atoms with Gasteiger partial charge in [-0.3, -0.25) is 4.79 Å². The molecule has 0 spiro atoms. The number of anilines is 2. The molecule has 2 rings (SSSR count). The number of halogens is 2. The molecule has 1 unspecified atom stereocenters. The highest BCUT2D eigenvalue weighted by Gasteiger charge is 2.16. The number of nitrogen functional groups attached to an aromatic ring is 1. The number of carbonyl (C=O) groups is 1. The lowest BCUT2D eigenvalue weighted by atomic mass is 10.2. The van der Waals surface area contributed by atoms with Crippen molar-refractivity contribution < 1.29 is 13.6 Å². The Morgan fingerprint density at radius 1 is 1.19 bits per heavy atom. The SMILES string of the molecule is CC(Sc1cccc(F)c1)C(=O)Nc1ccc(F)cc1N. The fourth-order valence-corrected chi connectivity index (χ4v) is 2.59. The Bertz CT molecular complexity index is 664. The topological polar surface area (TPSA) is 55.1 Å². The van der Waals surface area contributed by atoms with Crippen LogP contribution < -0.4 is 11.1 Å². The molecular formula is C15H14F2N2OS. The maximum Gasteiger partial charge on any atom is 0.237 e. The van der Waals surface area contributed by atoms with E-state index in [0.717, 1.165) is 6.07 Å². The molecule has 0 aliphatic heterocycles. The molecule has 0 aromatic heterocycles. The van der Waals surface area contributed by atoms with Gasteiger partial charge in [-0.1, -0.05) is 6.07 Å². The molecular weight excluding hydrogens is 294 g/mol. The van der Waals surface area contributed by atoms with Gasteiger partial charge in [0.15, 0.2) is 0 Å². The van der Waals surface area contributed by atoms with Crippen molar-refractivity contribution in [1.82, 2.24) is 0 Å². The van der Waals surface area contributed by atoms with Gasteiger partial charge in [-0.05, 0) is 43.3 Å². The van der Waals surface area contributed by atoms with E-state index in [1.54, 1.807) is 19.1 Å². The minimum atomic E-state index is -0.465. The van der Waals surface area contributed by atoms with Gasteiger partial charge in [0, 0.05) is 4.90 Å². The van der Waals surface area contributed by atoms with Gasteiger partial charge >= 0.3 is 0 Å². The van der Waals surface area contributed by atoms with Gasteiger partial charge in [-0.2, -0.15) is 0 Å². The first-order chi connectivity index (χ1) is 9.95. The largest absolute Gasteiger partial charge is 0.397 e. The van der Waals surface area contributed by atoms with E-state index in [9.17, 15) is 13.6 Å². The van der Waals surface area contributed by atoms with Crippen molar-refractivity contribution in [3.05, 3.63) is 54.1 Å². The molecule has 3 nitrogen and oxygen atoms in total. The van der Waals surface area contributed by atoms with E-state index in [2.05, 4.69) is 5.32 Å². The van der Waals surface area contributed by atoms with Crippen molar-refractivity contribution in [3.8, 4) is 0 Å². The third kappa shape index (κ3) is 4.19. The normalized spacial score (nSPS) is 12.0. The number of nitrogens with two attached hydrogens (primary N) is 1. The number of carbonyl (C=O) groups excluding carboxylic acids is 1. The maximum atomic E-state index is 13.1. The highest BCUT2D eigenvalue weighted by Crippen LogP contribution is 2.26. The van der Waals surface area contributed by atoms with E-state index in [1.807, 2.05) is 0 Å². The predicted octanol–water partition coefficient (Wildman–Crippen LogP) is 3.67. The third-order valence-corrected chi connectivity index (χ3v) is 3.84. The molecule has 0 saturated heterocycles. The van der Waals surface area contributed by atoms with Crippen LogP contribution in [0.15, 0.2) is 47.4 Å². The van der Waals surface area contributed by atoms with Gasteiger partial charge < -0.3 is 11.1 Å². The Kier molecular flexibility index (Phi) is 4.80. The summed E-state index contributed by atoms with van der Waals surface area (Å²) in [7, 11) is 0. The van der Waals surface area contributed by atoms with Crippen LogP contribution in [0, 0.1) is 11.6 Å². The smallest absolute Gasteiger partial charge is 0.237 e. The Morgan fingerprint density at radius 2 is 1.90 bits per heavy atom. The Labute approximate surface area is 125 Å². The van der Waals surface area contributed by atoms with E-state index in [-0.39, 0.29) is 17.4 Å². The van der Waals surface area contributed by atoms with Gasteiger partial charge in [0.05, 0.1) is 16.6 Å². The summed E-state index contributed by atoms with van der Waals surface area (Å²) in [5, 5.41) is 2.18. The average molecular weight is 308 g/mol. The van der Waals surface area contributed by atoms with Crippen LogP contribution in [0.25, 0.3) is 0 Å².